The first-order chi connectivity index (χ1) is 8.67. The van der Waals surface area contributed by atoms with Crippen LogP contribution in [0.3, 0.4) is 0 Å². The summed E-state index contributed by atoms with van der Waals surface area (Å²) in [7, 11) is 0. The lowest BCUT2D eigenvalue weighted by Gasteiger charge is -2.21. The van der Waals surface area contributed by atoms with Crippen LogP contribution in [-0.4, -0.2) is 34.9 Å². The van der Waals surface area contributed by atoms with E-state index < -0.39 is 35.4 Å². The van der Waals surface area contributed by atoms with E-state index in [4.69, 9.17) is 5.11 Å². The maximum Gasteiger partial charge on any atom is 0.417 e. The first-order valence-corrected chi connectivity index (χ1v) is 5.45. The highest BCUT2D eigenvalue weighted by Crippen LogP contribution is 2.31. The summed E-state index contributed by atoms with van der Waals surface area (Å²) in [5, 5.41) is 20.4. The molecule has 7 heteroatoms. The number of nitrogens with one attached hydrogen (secondary N) is 1. The minimum Gasteiger partial charge on any atom is -0.393 e. The molecular formula is C12H14F3NO3. The fraction of sp³-hybridized carbons (Fsp3) is 0.417. The van der Waals surface area contributed by atoms with Crippen LogP contribution in [-0.2, 0) is 6.18 Å². The zero-order valence-corrected chi connectivity index (χ0v) is 10.2. The molecule has 0 aliphatic carbocycles. The average molecular weight is 277 g/mol. The average Bonchev–Trinajstić information content (AvgIpc) is 2.35. The van der Waals surface area contributed by atoms with Crippen LogP contribution in [0.2, 0.25) is 0 Å². The minimum absolute atomic E-state index is 0.353. The number of hydrogen-bond donors (Lipinski definition) is 3. The molecule has 0 aromatic heterocycles. The van der Waals surface area contributed by atoms with Crippen LogP contribution in [0.25, 0.3) is 0 Å². The molecule has 19 heavy (non-hydrogen) atoms. The van der Waals surface area contributed by atoms with Crippen LogP contribution in [0.15, 0.2) is 24.3 Å². The van der Waals surface area contributed by atoms with Crippen LogP contribution in [0.4, 0.5) is 13.2 Å². The van der Waals surface area contributed by atoms with Crippen molar-refractivity contribution in [3.05, 3.63) is 35.4 Å². The number of benzene rings is 1. The Morgan fingerprint density at radius 3 is 2.42 bits per heavy atom. The summed E-state index contributed by atoms with van der Waals surface area (Å²) < 4.78 is 38.0. The number of hydrogen-bond acceptors (Lipinski definition) is 3. The van der Waals surface area contributed by atoms with E-state index in [1.54, 1.807) is 0 Å². The van der Waals surface area contributed by atoms with Gasteiger partial charge in [0.1, 0.15) is 5.60 Å². The minimum atomic E-state index is -4.63. The molecule has 1 aromatic rings. The van der Waals surface area contributed by atoms with Gasteiger partial charge in [-0.3, -0.25) is 4.79 Å². The lowest BCUT2D eigenvalue weighted by Crippen LogP contribution is -2.43. The first kappa shape index (κ1) is 15.5. The van der Waals surface area contributed by atoms with Crippen LogP contribution in [0.1, 0.15) is 22.8 Å². The summed E-state index contributed by atoms with van der Waals surface area (Å²) in [5.74, 6) is -0.957. The number of carbonyl (C=O) groups is 1. The molecule has 0 spiro atoms. The highest BCUT2D eigenvalue weighted by atomic mass is 19.4. The fourth-order valence-corrected chi connectivity index (χ4v) is 1.35. The van der Waals surface area contributed by atoms with Gasteiger partial charge in [0, 0.05) is 6.54 Å². The molecule has 1 unspecified atom stereocenters. The molecule has 0 fully saturated rings. The quantitative estimate of drug-likeness (QED) is 0.774. The number of amides is 1. The van der Waals surface area contributed by atoms with Crippen molar-refractivity contribution in [1.82, 2.24) is 5.32 Å². The SMILES string of the molecule is CC(O)(CO)CNC(=O)c1ccccc1C(F)(F)F. The van der Waals surface area contributed by atoms with Gasteiger partial charge in [0.25, 0.3) is 5.91 Å². The number of aliphatic hydroxyl groups excluding tert-OH is 1. The van der Waals surface area contributed by atoms with Crippen molar-refractivity contribution in [2.75, 3.05) is 13.2 Å². The molecule has 0 aliphatic rings. The Morgan fingerprint density at radius 1 is 1.32 bits per heavy atom. The van der Waals surface area contributed by atoms with Crippen LogP contribution >= 0.6 is 0 Å². The van der Waals surface area contributed by atoms with Gasteiger partial charge in [0.05, 0.1) is 17.7 Å². The topological polar surface area (TPSA) is 69.6 Å². The molecule has 0 radical (unpaired) electrons. The van der Waals surface area contributed by atoms with Crippen molar-refractivity contribution in [3.8, 4) is 0 Å². The molecule has 3 N–H and O–H groups in total. The molecule has 1 atom stereocenters. The predicted molar refractivity (Wildman–Crippen MR) is 61.5 cm³/mol. The Labute approximate surface area is 107 Å². The molecule has 0 bridgehead atoms. The molecule has 1 amide bonds. The molecule has 0 saturated heterocycles. The number of halogens is 3. The smallest absolute Gasteiger partial charge is 0.393 e. The van der Waals surface area contributed by atoms with Crippen LogP contribution in [0, 0.1) is 0 Å². The Balaban J connectivity index is 2.90. The van der Waals surface area contributed by atoms with Gasteiger partial charge in [-0.2, -0.15) is 13.2 Å². The number of carbonyl (C=O) groups excluding carboxylic acids is 1. The van der Waals surface area contributed by atoms with Gasteiger partial charge in [0.2, 0.25) is 0 Å². The third kappa shape index (κ3) is 4.22. The summed E-state index contributed by atoms with van der Waals surface area (Å²) in [6, 6.07) is 4.35. The van der Waals surface area contributed by atoms with Crippen molar-refractivity contribution in [2.24, 2.45) is 0 Å². The van der Waals surface area contributed by atoms with E-state index in [9.17, 15) is 23.1 Å². The van der Waals surface area contributed by atoms with Gasteiger partial charge in [-0.05, 0) is 19.1 Å². The molecule has 1 rings (SSSR count). The van der Waals surface area contributed by atoms with E-state index in [0.717, 1.165) is 12.1 Å². The van der Waals surface area contributed by atoms with E-state index in [0.29, 0.717) is 0 Å². The van der Waals surface area contributed by atoms with Gasteiger partial charge < -0.3 is 15.5 Å². The Hall–Kier alpha value is -1.60. The molecule has 106 valence electrons. The van der Waals surface area contributed by atoms with Crippen molar-refractivity contribution in [2.45, 2.75) is 18.7 Å². The second-order valence-corrected chi connectivity index (χ2v) is 4.38. The maximum atomic E-state index is 12.7. The van der Waals surface area contributed by atoms with Gasteiger partial charge in [-0.1, -0.05) is 12.1 Å². The molecule has 0 aliphatic heterocycles. The zero-order chi connectivity index (χ0) is 14.7. The number of aliphatic hydroxyl groups is 2. The second-order valence-electron chi connectivity index (χ2n) is 4.38. The lowest BCUT2D eigenvalue weighted by atomic mass is 10.1. The Morgan fingerprint density at radius 2 is 1.89 bits per heavy atom. The molecule has 0 heterocycles. The summed E-state index contributed by atoms with van der Waals surface area (Å²) >= 11 is 0. The van der Waals surface area contributed by atoms with E-state index in [1.165, 1.54) is 19.1 Å². The van der Waals surface area contributed by atoms with Crippen molar-refractivity contribution in [3.63, 3.8) is 0 Å². The van der Waals surface area contributed by atoms with Crippen molar-refractivity contribution < 1.29 is 28.2 Å². The monoisotopic (exact) mass is 277 g/mol. The molecule has 0 saturated carbocycles. The summed E-state index contributed by atoms with van der Waals surface area (Å²) in [6.07, 6.45) is -4.63. The maximum absolute atomic E-state index is 12.7. The van der Waals surface area contributed by atoms with E-state index in [1.807, 2.05) is 0 Å². The summed E-state index contributed by atoms with van der Waals surface area (Å²) in [6.45, 7) is 0.283. The third-order valence-corrected chi connectivity index (χ3v) is 2.45. The van der Waals surface area contributed by atoms with E-state index in [2.05, 4.69) is 5.32 Å². The zero-order valence-electron chi connectivity index (χ0n) is 10.2. The predicted octanol–water partition coefficient (Wildman–Crippen LogP) is 1.18. The normalized spacial score (nSPS) is 14.8. The molecular weight excluding hydrogens is 263 g/mol. The fourth-order valence-electron chi connectivity index (χ4n) is 1.35. The van der Waals surface area contributed by atoms with Gasteiger partial charge >= 0.3 is 6.18 Å². The standard InChI is InChI=1S/C12H14F3NO3/c1-11(19,7-17)6-16-10(18)8-4-2-3-5-9(8)12(13,14)15/h2-5,17,19H,6-7H2,1H3,(H,16,18). The van der Waals surface area contributed by atoms with Crippen LogP contribution < -0.4 is 5.32 Å². The number of alkyl halides is 3. The van der Waals surface area contributed by atoms with Crippen molar-refractivity contribution in [1.29, 1.82) is 0 Å². The Kier molecular flexibility index (Phi) is 4.54. The highest BCUT2D eigenvalue weighted by molar-refractivity contribution is 5.95. The molecule has 1 aromatic carbocycles. The van der Waals surface area contributed by atoms with Crippen LogP contribution in [0.5, 0.6) is 0 Å². The first-order valence-electron chi connectivity index (χ1n) is 5.45. The van der Waals surface area contributed by atoms with E-state index >= 15 is 0 Å². The van der Waals surface area contributed by atoms with Gasteiger partial charge in [-0.25, -0.2) is 0 Å². The van der Waals surface area contributed by atoms with E-state index in [-0.39, 0.29) is 6.54 Å². The number of rotatable bonds is 4. The highest BCUT2D eigenvalue weighted by Gasteiger charge is 2.35. The Bertz CT molecular complexity index is 458. The third-order valence-electron chi connectivity index (χ3n) is 2.45. The van der Waals surface area contributed by atoms with Gasteiger partial charge in [-0.15, -0.1) is 0 Å². The largest absolute Gasteiger partial charge is 0.417 e. The summed E-state index contributed by atoms with van der Waals surface area (Å²) in [4.78, 5) is 11.7. The second kappa shape index (κ2) is 5.58. The summed E-state index contributed by atoms with van der Waals surface area (Å²) in [5.41, 5.74) is -3.15. The van der Waals surface area contributed by atoms with Gasteiger partial charge in [0.15, 0.2) is 0 Å². The molecule has 4 nitrogen and oxygen atoms in total. The lowest BCUT2D eigenvalue weighted by molar-refractivity contribution is -0.137. The van der Waals surface area contributed by atoms with Crippen molar-refractivity contribution >= 4 is 5.91 Å².